The third kappa shape index (κ3) is 6.74. The van der Waals surface area contributed by atoms with Crippen molar-refractivity contribution >= 4 is 23.2 Å². The molecule has 0 saturated heterocycles. The van der Waals surface area contributed by atoms with Gasteiger partial charge < -0.3 is 16.2 Å². The molecule has 2 aromatic carbocycles. The maximum absolute atomic E-state index is 14.5. The summed E-state index contributed by atoms with van der Waals surface area (Å²) in [5.74, 6) is -2.80. The van der Waals surface area contributed by atoms with Gasteiger partial charge in [-0.1, -0.05) is 41.0 Å². The van der Waals surface area contributed by atoms with Gasteiger partial charge in [-0.2, -0.15) is 0 Å². The summed E-state index contributed by atoms with van der Waals surface area (Å²) in [6.45, 7) is -0.274. The first-order valence-electron chi connectivity index (χ1n) is 10.7. The summed E-state index contributed by atoms with van der Waals surface area (Å²) in [6.07, 6.45) is 2.66. The molecule has 4 N–H and O–H groups in total. The zero-order valence-electron chi connectivity index (χ0n) is 18.5. The van der Waals surface area contributed by atoms with Crippen LogP contribution in [0.3, 0.4) is 0 Å². The Morgan fingerprint density at radius 1 is 1.20 bits per heavy atom. The van der Waals surface area contributed by atoms with E-state index in [1.165, 1.54) is 24.4 Å². The smallest absolute Gasteiger partial charge is 0.234 e. The van der Waals surface area contributed by atoms with Crippen LogP contribution in [0.4, 0.5) is 14.5 Å². The fourth-order valence-corrected chi connectivity index (χ4v) is 3.83. The Balaban J connectivity index is 2.01. The Morgan fingerprint density at radius 3 is 2.60 bits per heavy atom. The van der Waals surface area contributed by atoms with Gasteiger partial charge in [-0.15, -0.1) is 0 Å². The average Bonchev–Trinajstić information content (AvgIpc) is 2.84. The van der Waals surface area contributed by atoms with E-state index in [0.717, 1.165) is 6.20 Å². The van der Waals surface area contributed by atoms with E-state index in [1.807, 2.05) is 0 Å². The van der Waals surface area contributed by atoms with Crippen LogP contribution >= 0.6 is 11.6 Å². The molecule has 182 valence electrons. The van der Waals surface area contributed by atoms with Gasteiger partial charge in [0.1, 0.15) is 17.7 Å². The lowest BCUT2D eigenvalue weighted by Crippen LogP contribution is -2.33. The normalized spacial score (nSPS) is 13.4. The van der Waals surface area contributed by atoms with Crippen molar-refractivity contribution < 1.29 is 18.7 Å². The van der Waals surface area contributed by atoms with Crippen LogP contribution in [0, 0.1) is 11.6 Å². The number of amides is 1. The number of azide groups is 1. The van der Waals surface area contributed by atoms with Crippen LogP contribution in [0.25, 0.3) is 10.4 Å². The predicted molar refractivity (Wildman–Crippen MR) is 129 cm³/mol. The van der Waals surface area contributed by atoms with E-state index >= 15 is 0 Å². The van der Waals surface area contributed by atoms with E-state index in [2.05, 4.69) is 20.3 Å². The SMILES string of the molecule is [N-]=[N+]=N[C@H](C(=O)Nc1cncc(F)c1CC[C@H](N)CO)[C@@H](c1ccc(Cl)cc1)c1cccc(F)c1. The van der Waals surface area contributed by atoms with Gasteiger partial charge >= 0.3 is 0 Å². The molecule has 8 nitrogen and oxygen atoms in total. The Kier molecular flexibility index (Phi) is 9.11. The van der Waals surface area contributed by atoms with Crippen LogP contribution in [-0.2, 0) is 11.2 Å². The molecular formula is C24H23ClF2N6O2. The monoisotopic (exact) mass is 500 g/mol. The molecule has 11 heteroatoms. The molecule has 0 bridgehead atoms. The topological polar surface area (TPSA) is 137 Å². The molecule has 3 rings (SSSR count). The number of nitrogens with two attached hydrogens (primary N) is 1. The molecule has 0 radical (unpaired) electrons. The lowest BCUT2D eigenvalue weighted by Gasteiger charge is -2.25. The molecule has 1 amide bonds. The first-order chi connectivity index (χ1) is 16.8. The second-order valence-corrected chi connectivity index (χ2v) is 8.29. The summed E-state index contributed by atoms with van der Waals surface area (Å²) in [4.78, 5) is 20.0. The van der Waals surface area contributed by atoms with Crippen molar-refractivity contribution in [2.75, 3.05) is 11.9 Å². The highest BCUT2D eigenvalue weighted by Crippen LogP contribution is 2.33. The van der Waals surface area contributed by atoms with Crippen LogP contribution in [0.15, 0.2) is 66.0 Å². The van der Waals surface area contributed by atoms with Gasteiger partial charge in [-0.25, -0.2) is 8.78 Å². The summed E-state index contributed by atoms with van der Waals surface area (Å²) >= 11 is 6.00. The molecule has 0 aliphatic rings. The van der Waals surface area contributed by atoms with Crippen LogP contribution < -0.4 is 11.1 Å². The molecule has 35 heavy (non-hydrogen) atoms. The molecule has 0 saturated carbocycles. The van der Waals surface area contributed by atoms with Crippen molar-refractivity contribution in [2.24, 2.45) is 10.8 Å². The molecule has 1 aromatic heterocycles. The van der Waals surface area contributed by atoms with Crippen molar-refractivity contribution in [2.45, 2.75) is 30.8 Å². The number of rotatable bonds is 10. The molecule has 0 aliphatic carbocycles. The van der Waals surface area contributed by atoms with Crippen LogP contribution in [0.5, 0.6) is 0 Å². The number of carbonyl (C=O) groups excluding carboxylic acids is 1. The fourth-order valence-electron chi connectivity index (χ4n) is 3.70. The van der Waals surface area contributed by atoms with Crippen LogP contribution in [-0.4, -0.2) is 34.7 Å². The second kappa shape index (κ2) is 12.2. The summed E-state index contributed by atoms with van der Waals surface area (Å²) in [5, 5.41) is 15.9. The Labute approximate surface area is 205 Å². The number of nitrogens with zero attached hydrogens (tertiary/aromatic N) is 4. The van der Waals surface area contributed by atoms with E-state index in [4.69, 9.17) is 22.4 Å². The summed E-state index contributed by atoms with van der Waals surface area (Å²) in [6, 6.07) is 10.2. The van der Waals surface area contributed by atoms with Gasteiger partial charge in [0.25, 0.3) is 0 Å². The molecule has 0 unspecified atom stereocenters. The molecule has 3 aromatic rings. The van der Waals surface area contributed by atoms with Gasteiger partial charge in [0, 0.05) is 27.5 Å². The summed E-state index contributed by atoms with van der Waals surface area (Å²) in [7, 11) is 0. The number of hydrogen-bond donors (Lipinski definition) is 3. The Morgan fingerprint density at radius 2 is 1.94 bits per heavy atom. The van der Waals surface area contributed by atoms with Crippen LogP contribution in [0.2, 0.25) is 5.02 Å². The highest BCUT2D eigenvalue weighted by atomic mass is 35.5. The molecule has 0 fully saturated rings. The van der Waals surface area contributed by atoms with Crippen molar-refractivity contribution in [1.29, 1.82) is 0 Å². The van der Waals surface area contributed by atoms with Crippen molar-refractivity contribution in [3.8, 4) is 0 Å². The fraction of sp³-hybridized carbons (Fsp3) is 0.250. The predicted octanol–water partition coefficient (Wildman–Crippen LogP) is 4.71. The number of aliphatic hydroxyl groups excluding tert-OH is 1. The van der Waals surface area contributed by atoms with E-state index in [9.17, 15) is 19.1 Å². The third-order valence-corrected chi connectivity index (χ3v) is 5.71. The largest absolute Gasteiger partial charge is 0.395 e. The minimum atomic E-state index is -1.36. The standard InChI is InChI=1S/C24H23ClF2N6O2/c25-16-6-4-14(5-7-16)22(15-2-1-3-17(26)10-15)23(32-33-29)24(35)31-21-12-30-11-20(27)19(21)9-8-18(28)13-34/h1-7,10-12,18,22-23,34H,8-9,13,28H2,(H,31,35)/t18-,22-,23-/m0/s1. The molecule has 0 spiro atoms. The minimum absolute atomic E-state index is 0.0763. The van der Waals surface area contributed by atoms with Gasteiger partial charge in [0.15, 0.2) is 0 Å². The van der Waals surface area contributed by atoms with Gasteiger partial charge in [0.05, 0.1) is 24.7 Å². The van der Waals surface area contributed by atoms with E-state index in [0.29, 0.717) is 16.1 Å². The number of nitrogens with one attached hydrogen (secondary N) is 1. The van der Waals surface area contributed by atoms with Gasteiger partial charge in [-0.05, 0) is 53.8 Å². The molecule has 0 aliphatic heterocycles. The number of pyridine rings is 1. The number of aromatic nitrogens is 1. The second-order valence-electron chi connectivity index (χ2n) is 7.85. The molecular weight excluding hydrogens is 478 g/mol. The minimum Gasteiger partial charge on any atom is -0.395 e. The third-order valence-electron chi connectivity index (χ3n) is 5.46. The zero-order chi connectivity index (χ0) is 25.4. The zero-order valence-corrected chi connectivity index (χ0v) is 19.2. The van der Waals surface area contributed by atoms with E-state index < -0.39 is 35.5 Å². The number of aliphatic hydroxyl groups is 1. The average molecular weight is 501 g/mol. The lowest BCUT2D eigenvalue weighted by atomic mass is 9.84. The first kappa shape index (κ1) is 26.1. The highest BCUT2D eigenvalue weighted by Gasteiger charge is 2.31. The van der Waals surface area contributed by atoms with Crippen molar-refractivity contribution in [3.05, 3.63) is 105 Å². The summed E-state index contributed by atoms with van der Waals surface area (Å²) in [5.41, 5.74) is 16.1. The van der Waals surface area contributed by atoms with E-state index in [-0.39, 0.29) is 30.7 Å². The number of halogens is 3. The number of hydrogen-bond acceptors (Lipinski definition) is 5. The van der Waals surface area contributed by atoms with Crippen molar-refractivity contribution in [1.82, 2.24) is 4.98 Å². The van der Waals surface area contributed by atoms with E-state index in [1.54, 1.807) is 30.3 Å². The van der Waals surface area contributed by atoms with Crippen molar-refractivity contribution in [3.63, 3.8) is 0 Å². The quantitative estimate of drug-likeness (QED) is 0.211. The maximum Gasteiger partial charge on any atom is 0.234 e. The van der Waals surface area contributed by atoms with Gasteiger partial charge in [-0.3, -0.25) is 9.78 Å². The summed E-state index contributed by atoms with van der Waals surface area (Å²) < 4.78 is 28.6. The van der Waals surface area contributed by atoms with Gasteiger partial charge in [0.2, 0.25) is 5.91 Å². The Hall–Kier alpha value is -3.56. The highest BCUT2D eigenvalue weighted by molar-refractivity contribution is 6.30. The lowest BCUT2D eigenvalue weighted by molar-refractivity contribution is -0.117. The molecule has 1 heterocycles. The first-order valence-corrected chi connectivity index (χ1v) is 11.1. The number of carbonyl (C=O) groups is 1. The maximum atomic E-state index is 14.5. The number of benzene rings is 2. The number of anilines is 1. The molecule has 3 atom stereocenters. The Bertz CT molecular complexity index is 1220. The van der Waals surface area contributed by atoms with Crippen LogP contribution in [0.1, 0.15) is 29.0 Å².